The number of nitrogens with zero attached hydrogens (tertiary/aromatic N) is 4. The number of rotatable bonds is 7. The van der Waals surface area contributed by atoms with E-state index in [1.165, 1.54) is 10.7 Å². The normalized spacial score (nSPS) is 15.9. The average molecular weight is 387 g/mol. The van der Waals surface area contributed by atoms with Gasteiger partial charge in [-0.1, -0.05) is 19.1 Å². The third-order valence-corrected chi connectivity index (χ3v) is 4.79. The number of nitrogens with one attached hydrogen (secondary N) is 1. The minimum atomic E-state index is -0.614. The minimum Gasteiger partial charge on any atom is -0.379 e. The molecule has 28 heavy (non-hydrogen) atoms. The zero-order valence-electron chi connectivity index (χ0n) is 16.1. The largest absolute Gasteiger partial charge is 0.390 e. The van der Waals surface area contributed by atoms with Crippen LogP contribution in [0.4, 0.5) is 11.5 Å². The number of benzene rings is 1. The molecule has 1 saturated heterocycles. The van der Waals surface area contributed by atoms with Crippen molar-refractivity contribution in [3.05, 3.63) is 51.7 Å². The summed E-state index contributed by atoms with van der Waals surface area (Å²) in [4.78, 5) is 25.5. The van der Waals surface area contributed by atoms with Crippen molar-refractivity contribution in [1.29, 1.82) is 0 Å². The molecule has 1 fully saturated rings. The Bertz CT molecular complexity index is 845. The Balaban J connectivity index is 1.70. The van der Waals surface area contributed by atoms with Crippen LogP contribution in [0.3, 0.4) is 0 Å². The van der Waals surface area contributed by atoms with Gasteiger partial charge in [0.2, 0.25) is 0 Å². The summed E-state index contributed by atoms with van der Waals surface area (Å²) < 4.78 is 6.79. The summed E-state index contributed by atoms with van der Waals surface area (Å²) in [7, 11) is 0. The Morgan fingerprint density at radius 2 is 2.11 bits per heavy atom. The Hall–Kier alpha value is -2.78. The molecule has 1 aromatic carbocycles. The molecule has 1 aromatic heterocycles. The van der Waals surface area contributed by atoms with Gasteiger partial charge in [0.05, 0.1) is 30.1 Å². The van der Waals surface area contributed by atoms with Gasteiger partial charge in [-0.3, -0.25) is 9.69 Å². The van der Waals surface area contributed by atoms with Crippen LogP contribution in [0.1, 0.15) is 30.6 Å². The third kappa shape index (κ3) is 4.73. The van der Waals surface area contributed by atoms with E-state index in [1.54, 1.807) is 6.92 Å². The van der Waals surface area contributed by atoms with Crippen molar-refractivity contribution in [2.24, 2.45) is 0 Å². The number of ether oxygens (including phenoxy) is 1. The summed E-state index contributed by atoms with van der Waals surface area (Å²) in [5.74, 6) is -0.497. The lowest BCUT2D eigenvalue weighted by Crippen LogP contribution is -2.35. The standard InChI is InChI=1S/C19H25N5O4/c1-3-17(23-14(2)11-18(21-23)24(26)27)19(25)20-16-6-4-5-15(12-16)13-22-7-9-28-10-8-22/h4-6,11-12,17H,3,7-10,13H2,1-2H3,(H,20,25). The van der Waals surface area contributed by atoms with Gasteiger partial charge in [0.15, 0.2) is 6.04 Å². The van der Waals surface area contributed by atoms with Crippen LogP contribution in [0, 0.1) is 17.0 Å². The average Bonchev–Trinajstić information content (AvgIpc) is 3.05. The predicted molar refractivity (Wildman–Crippen MR) is 104 cm³/mol. The van der Waals surface area contributed by atoms with E-state index in [2.05, 4.69) is 15.3 Å². The van der Waals surface area contributed by atoms with Crippen LogP contribution >= 0.6 is 0 Å². The van der Waals surface area contributed by atoms with Crippen LogP contribution in [-0.4, -0.2) is 51.8 Å². The van der Waals surface area contributed by atoms with Gasteiger partial charge in [-0.25, -0.2) is 0 Å². The highest BCUT2D eigenvalue weighted by atomic mass is 16.6. The first kappa shape index (κ1) is 20.0. The van der Waals surface area contributed by atoms with Gasteiger partial charge in [0.1, 0.15) is 0 Å². The van der Waals surface area contributed by atoms with E-state index in [0.29, 0.717) is 17.8 Å². The highest BCUT2D eigenvalue weighted by molar-refractivity contribution is 5.93. The van der Waals surface area contributed by atoms with E-state index in [0.717, 1.165) is 38.4 Å². The Morgan fingerprint density at radius 1 is 1.36 bits per heavy atom. The van der Waals surface area contributed by atoms with Gasteiger partial charge >= 0.3 is 5.82 Å². The molecule has 150 valence electrons. The molecule has 1 aliphatic heterocycles. The summed E-state index contributed by atoms with van der Waals surface area (Å²) >= 11 is 0. The fourth-order valence-electron chi connectivity index (χ4n) is 3.34. The maximum atomic E-state index is 12.8. The van der Waals surface area contributed by atoms with Crippen molar-refractivity contribution >= 4 is 17.4 Å². The van der Waals surface area contributed by atoms with Crippen molar-refractivity contribution in [3.8, 4) is 0 Å². The Kier molecular flexibility index (Phi) is 6.37. The van der Waals surface area contributed by atoms with E-state index in [4.69, 9.17) is 4.74 Å². The quantitative estimate of drug-likeness (QED) is 0.578. The summed E-state index contributed by atoms with van der Waals surface area (Å²) in [6.07, 6.45) is 0.471. The lowest BCUT2D eigenvalue weighted by atomic mass is 10.1. The number of anilines is 1. The topological polar surface area (TPSA) is 103 Å². The summed E-state index contributed by atoms with van der Waals surface area (Å²) in [6.45, 7) is 7.63. The number of hydrogen-bond acceptors (Lipinski definition) is 6. The number of carbonyl (C=O) groups excluding carboxylic acids is 1. The minimum absolute atomic E-state index is 0.243. The third-order valence-electron chi connectivity index (χ3n) is 4.79. The number of amides is 1. The van der Waals surface area contributed by atoms with Crippen molar-refractivity contribution < 1.29 is 14.5 Å². The van der Waals surface area contributed by atoms with Gasteiger partial charge < -0.3 is 20.2 Å². The lowest BCUT2D eigenvalue weighted by molar-refractivity contribution is -0.389. The van der Waals surface area contributed by atoms with E-state index in [9.17, 15) is 14.9 Å². The maximum Gasteiger partial charge on any atom is 0.390 e. The smallest absolute Gasteiger partial charge is 0.379 e. The van der Waals surface area contributed by atoms with Crippen LogP contribution in [0.15, 0.2) is 30.3 Å². The SMILES string of the molecule is CCC(C(=O)Nc1cccc(CN2CCOCC2)c1)n1nc([N+](=O)[O-])cc1C. The summed E-state index contributed by atoms with van der Waals surface area (Å²) in [5, 5.41) is 17.9. The molecule has 1 atom stereocenters. The van der Waals surface area contributed by atoms with Crippen molar-refractivity contribution in [2.45, 2.75) is 32.9 Å². The van der Waals surface area contributed by atoms with Gasteiger partial charge in [-0.2, -0.15) is 4.68 Å². The second-order valence-corrected chi connectivity index (χ2v) is 6.85. The number of aryl methyl sites for hydroxylation is 1. The van der Waals surface area contributed by atoms with E-state index < -0.39 is 11.0 Å². The Labute approximate surface area is 163 Å². The molecule has 1 N–H and O–H groups in total. The number of nitro groups is 1. The molecule has 0 bridgehead atoms. The van der Waals surface area contributed by atoms with E-state index >= 15 is 0 Å². The second kappa shape index (κ2) is 8.94. The molecular weight excluding hydrogens is 362 g/mol. The van der Waals surface area contributed by atoms with E-state index in [-0.39, 0.29) is 11.7 Å². The zero-order chi connectivity index (χ0) is 20.1. The molecule has 1 aliphatic rings. The molecule has 3 rings (SSSR count). The highest BCUT2D eigenvalue weighted by Crippen LogP contribution is 2.21. The molecular formula is C19H25N5O4. The fourth-order valence-corrected chi connectivity index (χ4v) is 3.34. The molecule has 2 heterocycles. The molecule has 0 aliphatic carbocycles. The molecule has 1 amide bonds. The van der Waals surface area contributed by atoms with Crippen molar-refractivity contribution in [2.75, 3.05) is 31.6 Å². The maximum absolute atomic E-state index is 12.8. The first-order valence-corrected chi connectivity index (χ1v) is 9.38. The van der Waals surface area contributed by atoms with Crippen LogP contribution in [0.5, 0.6) is 0 Å². The molecule has 9 heteroatoms. The van der Waals surface area contributed by atoms with Crippen LogP contribution < -0.4 is 5.32 Å². The molecule has 1 unspecified atom stereocenters. The number of hydrogen-bond donors (Lipinski definition) is 1. The lowest BCUT2D eigenvalue weighted by Gasteiger charge is -2.26. The molecule has 0 saturated carbocycles. The predicted octanol–water partition coefficient (Wildman–Crippen LogP) is 2.52. The molecule has 9 nitrogen and oxygen atoms in total. The highest BCUT2D eigenvalue weighted by Gasteiger charge is 2.27. The second-order valence-electron chi connectivity index (χ2n) is 6.85. The first-order valence-electron chi connectivity index (χ1n) is 9.38. The summed E-state index contributed by atoms with van der Waals surface area (Å²) in [6, 6.07) is 8.50. The zero-order valence-corrected chi connectivity index (χ0v) is 16.1. The van der Waals surface area contributed by atoms with Crippen LogP contribution in [0.25, 0.3) is 0 Å². The number of carbonyl (C=O) groups is 1. The summed E-state index contributed by atoms with van der Waals surface area (Å²) in [5.41, 5.74) is 2.39. The monoisotopic (exact) mass is 387 g/mol. The van der Waals surface area contributed by atoms with Crippen LogP contribution in [-0.2, 0) is 16.1 Å². The van der Waals surface area contributed by atoms with E-state index in [1.807, 2.05) is 31.2 Å². The molecule has 2 aromatic rings. The van der Waals surface area contributed by atoms with Gasteiger partial charge in [0.25, 0.3) is 5.91 Å². The molecule has 0 radical (unpaired) electrons. The van der Waals surface area contributed by atoms with Gasteiger partial charge in [-0.05, 0) is 36.0 Å². The van der Waals surface area contributed by atoms with Gasteiger partial charge in [-0.15, -0.1) is 0 Å². The van der Waals surface area contributed by atoms with Crippen molar-refractivity contribution in [3.63, 3.8) is 0 Å². The fraction of sp³-hybridized carbons (Fsp3) is 0.474. The van der Waals surface area contributed by atoms with Gasteiger partial charge in [0, 0.05) is 25.3 Å². The van der Waals surface area contributed by atoms with Crippen molar-refractivity contribution in [1.82, 2.24) is 14.7 Å². The Morgan fingerprint density at radius 3 is 2.75 bits per heavy atom. The number of morpholine rings is 1. The molecule has 0 spiro atoms. The number of aromatic nitrogens is 2. The first-order chi connectivity index (χ1) is 13.5. The van der Waals surface area contributed by atoms with Crippen LogP contribution in [0.2, 0.25) is 0 Å².